The molecule has 2 fully saturated rings. The number of anilines is 4. The van der Waals surface area contributed by atoms with Gasteiger partial charge in [-0.05, 0) is 259 Å². The fourth-order valence-electron chi connectivity index (χ4n) is 20.1. The van der Waals surface area contributed by atoms with Gasteiger partial charge in [0, 0.05) is 72.0 Å². The molecule has 6 heterocycles. The molecule has 6 aliphatic rings. The van der Waals surface area contributed by atoms with Crippen LogP contribution in [0.1, 0.15) is 236 Å². The number of aromatic nitrogens is 2. The number of aryl methyl sites for hydroxylation is 6. The first-order valence-corrected chi connectivity index (χ1v) is 273. The molecule has 4 aliphatic heterocycles. The number of fused-ring (bicyclic) bond motifs is 16. The summed E-state index contributed by atoms with van der Waals surface area (Å²) in [4.78, 5) is 5.64. The Morgan fingerprint density at radius 3 is 1.05 bits per heavy atom. The maximum absolute atomic E-state index is 3.33. The van der Waals surface area contributed by atoms with Crippen molar-refractivity contribution in [2.45, 2.75) is 255 Å². The van der Waals surface area contributed by atoms with Crippen LogP contribution in [0.5, 0.6) is 0 Å². The predicted molar refractivity (Wildman–Crippen MR) is 935 cm³/mol. The summed E-state index contributed by atoms with van der Waals surface area (Å²) in [5.74, 6) is 0. The van der Waals surface area contributed by atoms with E-state index in [9.17, 15) is 0 Å². The first-order chi connectivity index (χ1) is 59.8. The normalized spacial score (nSPS) is 21.1. The Labute approximate surface area is 1040 Å². The maximum atomic E-state index is 3.33. The first kappa shape index (κ1) is 128. The Kier molecular flexibility index (Phi) is 51.3. The molecule has 2 saturated carbocycles. The van der Waals surface area contributed by atoms with E-state index >= 15 is 0 Å². The van der Waals surface area contributed by atoms with E-state index in [1.165, 1.54) is 190 Å². The van der Waals surface area contributed by atoms with Crippen LogP contribution in [0, 0.1) is 41.5 Å². The Balaban J connectivity index is 0.000000167. The quantitative estimate of drug-likeness (QED) is 0.0593. The van der Waals surface area contributed by atoms with Gasteiger partial charge in [0.05, 0.1) is 27.6 Å². The van der Waals surface area contributed by atoms with Crippen molar-refractivity contribution in [3.05, 3.63) is 182 Å². The van der Waals surface area contributed by atoms with Gasteiger partial charge >= 0.3 is 514 Å². The van der Waals surface area contributed by atoms with Crippen LogP contribution in [0.15, 0.2) is 115 Å². The monoisotopic (exact) mass is 6040 g/mol. The van der Waals surface area contributed by atoms with Crippen molar-refractivity contribution in [3.63, 3.8) is 0 Å². The Morgan fingerprint density at radius 2 is 0.631 bits per heavy atom. The minimum atomic E-state index is -0.532. The van der Waals surface area contributed by atoms with Gasteiger partial charge in [0.1, 0.15) is 0 Å². The summed E-state index contributed by atoms with van der Waals surface area (Å²) in [6.07, 6.45) is 10.2. The number of hydrogen-bond acceptors (Lipinski definition) is 2. The fourth-order valence-corrected chi connectivity index (χ4v) is 6730. The van der Waals surface area contributed by atoms with Gasteiger partial charge in [0.25, 0.3) is 6.71 Å². The van der Waals surface area contributed by atoms with Crippen LogP contribution in [0.3, 0.4) is 0 Å². The van der Waals surface area contributed by atoms with Gasteiger partial charge in [-0.1, -0.05) is 172 Å². The summed E-state index contributed by atoms with van der Waals surface area (Å²) >= 11 is 64.1. The van der Waals surface area contributed by atoms with E-state index in [4.69, 9.17) is 0 Å². The van der Waals surface area contributed by atoms with E-state index < -0.39 is 142 Å². The molecule has 0 amide bonds. The molecule has 0 saturated heterocycles. The molecule has 43 heteroatoms. The van der Waals surface area contributed by atoms with Gasteiger partial charge in [-0.15, -0.1) is 0 Å². The molecular weight excluding hydrogens is 5930 g/mol. The molecule has 4 unspecified atom stereocenters. The molecule has 4 atom stereocenters. The number of hydrogen-bond donors (Lipinski definition) is 0. The standard InChI is InChI=1S/C43H49BN2.C43H52N2.CH4.I38/c1-24-18-33-37-34(19-24)46-39-35(42(10)16-12-13-17-43(42,46)11)25(2)20-26(3)36(39)44(37)31-23-28(41(7,8)9)22-30-29-21-27(40(4,5)6)14-15-32(29)45(33)38(30)31;1-27-20-29(3)39-38(23-27)45(43(11)19-13-12-18-42(39,43)10)33-22-28(2)21-32(26-33)44-36-16-14-30(40(4,5)6)24-34(36)35-25-31(41(7,8)9)15-17-37(35)44;;1-21(2)23(5)25(7)27(9)29(11)31(13)33(15)35(17)37(19)38(20)36(18)34(16)32(14)30(12)28(10)26(8)24(6)22(3)4/h14-15,18-23H,12-13,16-17H2,1-11H3;14-17,20-26H,12-13,18-19H2,1-11H3;1H4;. The predicted octanol–water partition coefficient (Wildman–Crippen LogP) is 55.5. The fraction of sp³-hybridized carbons (Fsp3) is 0.448. The molecule has 0 spiro atoms. The van der Waals surface area contributed by atoms with Gasteiger partial charge in [0.15, 0.2) is 0 Å². The van der Waals surface area contributed by atoms with Gasteiger partial charge in [-0.25, -0.2) is 0 Å². The van der Waals surface area contributed by atoms with E-state index in [1.807, 2.05) is 0 Å². The molecule has 742 valence electrons. The molecule has 0 radical (unpaired) electrons. The van der Waals surface area contributed by atoms with Crippen LogP contribution in [-0.2, 0) is 32.5 Å². The number of nitrogens with zero attached hydrogens (tertiary/aromatic N) is 4. The van der Waals surface area contributed by atoms with Crippen LogP contribution in [0.25, 0.3) is 55.0 Å². The van der Waals surface area contributed by atoms with Crippen LogP contribution in [0.4, 0.5) is 22.7 Å². The molecule has 130 heavy (non-hydrogen) atoms. The average molecular weight is 6040 g/mol. The molecule has 4 nitrogen and oxygen atoms in total. The van der Waals surface area contributed by atoms with Gasteiger partial charge in [0.2, 0.25) is 0 Å². The molecule has 2 aliphatic carbocycles. The van der Waals surface area contributed by atoms with Crippen LogP contribution in [-0.4, -0.2) is 26.9 Å². The Morgan fingerprint density at radius 1 is 0.300 bits per heavy atom. The van der Waals surface area contributed by atoms with E-state index in [1.54, 1.807) is 22.3 Å². The second kappa shape index (κ2) is 52.3. The van der Waals surface area contributed by atoms with E-state index in [0.717, 1.165) is 0 Å². The summed E-state index contributed by atoms with van der Waals surface area (Å²) < 4.78 is 5.19. The van der Waals surface area contributed by atoms with Crippen LogP contribution in [0.2, 0.25) is 0 Å². The second-order valence-corrected chi connectivity index (χ2v) is 915. The van der Waals surface area contributed by atoms with Gasteiger partial charge < -0.3 is 18.9 Å². The van der Waals surface area contributed by atoms with Gasteiger partial charge in [-0.3, -0.25) is 0 Å². The summed E-state index contributed by atoms with van der Waals surface area (Å²) in [6, 6.07) is 46.5. The SMILES string of the molecule is C.Cc1cc(N2c3cc(C)cc(C)c3C3(C)CCCCC23C)cc(-n2c3ccc(C(C)(C)C)cc3c3cc(C(C)(C)C)ccc32)c1.Cc1cc2c3c(c1)-n1c4ccc(C(C)(C)C)cc4c4cc(C(C)(C)C)cc(c41)B3c1c(C)cc(C)c3c1N2C1(C)CCCCC31C.II(I)I(I)I(I)I(I)I(I)I(I)I(I)I(I)I(I)I(I)I(I)I(I)I(I)I(I)I(I)I(I)I(I)I(I)I. The Hall–Kier alpha value is 20.8. The van der Waals surface area contributed by atoms with Crippen molar-refractivity contribution in [1.82, 2.24) is 9.13 Å². The topological polar surface area (TPSA) is 16.3 Å². The average Bonchev–Trinajstić information content (AvgIpc) is 1.47. The van der Waals surface area contributed by atoms with Crippen LogP contribution >= 0.6 is 514 Å². The third-order valence-electron chi connectivity index (χ3n) is 26.0. The van der Waals surface area contributed by atoms with Crippen molar-refractivity contribution in [2.24, 2.45) is 0 Å². The third-order valence-corrected chi connectivity index (χ3v) is 2830. The van der Waals surface area contributed by atoms with E-state index in [2.05, 4.69) is 659 Å². The molecular formula is C87H105BI38N4. The third kappa shape index (κ3) is 26.3. The summed E-state index contributed by atoms with van der Waals surface area (Å²) in [5.41, 5.74) is 36.1. The molecule has 2 aromatic heterocycles. The zero-order chi connectivity index (χ0) is 95.1. The zero-order valence-electron chi connectivity index (χ0n) is 73.9. The molecule has 16 rings (SSSR count). The van der Waals surface area contributed by atoms with Crippen molar-refractivity contribution >= 4 is 604 Å². The van der Waals surface area contributed by atoms with E-state index in [-0.39, 0.29) is 57.7 Å². The molecule has 10 aromatic rings. The zero-order valence-corrected chi connectivity index (χ0v) is 156. The number of benzene rings is 8. The second-order valence-electron chi connectivity index (χ2n) is 37.8. The summed E-state index contributed by atoms with van der Waals surface area (Å²) in [5, 5.41) is 5.49. The van der Waals surface area contributed by atoms with Crippen LogP contribution < -0.4 is 26.2 Å². The van der Waals surface area contributed by atoms with Gasteiger partial charge in [-0.2, -0.15) is 0 Å². The minimum absolute atomic E-state index is 0. The molecule has 0 bridgehead atoms. The van der Waals surface area contributed by atoms with E-state index in [0.29, 0.717) is 0 Å². The van der Waals surface area contributed by atoms with Crippen molar-refractivity contribution in [3.8, 4) is 11.4 Å². The molecule has 0 N–H and O–H groups in total. The number of halogens is 38. The van der Waals surface area contributed by atoms with Crippen molar-refractivity contribution in [2.75, 3.05) is 9.80 Å². The summed E-state index contributed by atoms with van der Waals surface area (Å²) in [6.45, 7) is 52.6. The Bertz CT molecular complexity index is 5840. The first-order valence-electron chi connectivity index (χ1n) is 40.2. The van der Waals surface area contributed by atoms with Crippen molar-refractivity contribution < 1.29 is 0 Å². The van der Waals surface area contributed by atoms with Crippen molar-refractivity contribution in [1.29, 1.82) is 0 Å². The summed E-state index contributed by atoms with van der Waals surface area (Å²) in [7, 11) is -8.96. The molecule has 8 aromatic carbocycles. The number of rotatable bonds is 19.